The third-order valence-electron chi connectivity index (χ3n) is 3.22. The van der Waals surface area contributed by atoms with Gasteiger partial charge in [-0.05, 0) is 30.5 Å². The van der Waals surface area contributed by atoms with Gasteiger partial charge in [-0.1, -0.05) is 29.8 Å². The van der Waals surface area contributed by atoms with Crippen molar-refractivity contribution in [3.8, 4) is 0 Å². The number of ketones is 1. The SMILES string of the molecule is CC(=O)c1ncc(S(C)(=O)=O)cc1Cc1ccc(C)cc1. The van der Waals surface area contributed by atoms with Crippen molar-refractivity contribution >= 4 is 15.6 Å². The largest absolute Gasteiger partial charge is 0.293 e. The molecule has 0 saturated heterocycles. The maximum absolute atomic E-state index is 11.7. The minimum atomic E-state index is -3.34. The molecule has 0 unspecified atom stereocenters. The lowest BCUT2D eigenvalue weighted by Gasteiger charge is -2.09. The Labute approximate surface area is 124 Å². The first-order valence-corrected chi connectivity index (χ1v) is 8.42. The Hall–Kier alpha value is -2.01. The first-order valence-electron chi connectivity index (χ1n) is 6.53. The van der Waals surface area contributed by atoms with E-state index in [-0.39, 0.29) is 10.7 Å². The molecular weight excluding hydrogens is 286 g/mol. The minimum Gasteiger partial charge on any atom is -0.293 e. The molecule has 0 aliphatic carbocycles. The summed E-state index contributed by atoms with van der Waals surface area (Å²) in [4.78, 5) is 15.8. The van der Waals surface area contributed by atoms with Crippen molar-refractivity contribution in [2.45, 2.75) is 25.2 Å². The average molecular weight is 303 g/mol. The van der Waals surface area contributed by atoms with Crippen LogP contribution in [0.2, 0.25) is 0 Å². The van der Waals surface area contributed by atoms with Crippen molar-refractivity contribution in [3.05, 3.63) is 58.9 Å². The molecule has 0 atom stereocenters. The van der Waals surface area contributed by atoms with Crippen LogP contribution in [0.25, 0.3) is 0 Å². The summed E-state index contributed by atoms with van der Waals surface area (Å²) in [6.45, 7) is 3.43. The maximum Gasteiger partial charge on any atom is 0.178 e. The Morgan fingerprint density at radius 1 is 1.19 bits per heavy atom. The predicted octanol–water partition coefficient (Wildman–Crippen LogP) is 2.59. The summed E-state index contributed by atoms with van der Waals surface area (Å²) < 4.78 is 23.3. The standard InChI is InChI=1S/C16H17NO3S/c1-11-4-6-13(7-5-11)8-14-9-15(21(3,19)20)10-17-16(14)12(2)18/h4-7,9-10H,8H2,1-3H3. The number of carbonyl (C=O) groups excluding carboxylic acids is 1. The van der Waals surface area contributed by atoms with Crippen molar-refractivity contribution in [2.24, 2.45) is 0 Å². The molecule has 2 aromatic rings. The topological polar surface area (TPSA) is 64.1 Å². The maximum atomic E-state index is 11.7. The lowest BCUT2D eigenvalue weighted by molar-refractivity contribution is 0.101. The zero-order valence-electron chi connectivity index (χ0n) is 12.3. The zero-order valence-corrected chi connectivity index (χ0v) is 13.1. The highest BCUT2D eigenvalue weighted by molar-refractivity contribution is 7.90. The molecule has 2 rings (SSSR count). The van der Waals surface area contributed by atoms with E-state index in [1.165, 1.54) is 13.1 Å². The molecule has 0 saturated carbocycles. The molecule has 0 spiro atoms. The predicted molar refractivity (Wildman–Crippen MR) is 81.3 cm³/mol. The van der Waals surface area contributed by atoms with Crippen LogP contribution in [0.15, 0.2) is 41.4 Å². The molecule has 1 aromatic carbocycles. The third kappa shape index (κ3) is 3.76. The van der Waals surface area contributed by atoms with Gasteiger partial charge in [-0.25, -0.2) is 8.42 Å². The zero-order chi connectivity index (χ0) is 15.6. The molecular formula is C16H17NO3S. The Morgan fingerprint density at radius 3 is 2.33 bits per heavy atom. The normalized spacial score (nSPS) is 11.4. The number of hydrogen-bond acceptors (Lipinski definition) is 4. The lowest BCUT2D eigenvalue weighted by Crippen LogP contribution is -2.07. The van der Waals surface area contributed by atoms with Gasteiger partial charge in [0.05, 0.1) is 4.90 Å². The molecule has 4 nitrogen and oxygen atoms in total. The van der Waals surface area contributed by atoms with Crippen molar-refractivity contribution in [1.82, 2.24) is 4.98 Å². The van der Waals surface area contributed by atoms with E-state index in [1.807, 2.05) is 31.2 Å². The van der Waals surface area contributed by atoms with E-state index >= 15 is 0 Å². The minimum absolute atomic E-state index is 0.134. The molecule has 0 radical (unpaired) electrons. The Kier molecular flexibility index (Phi) is 4.23. The summed E-state index contributed by atoms with van der Waals surface area (Å²) in [7, 11) is -3.34. The molecule has 0 aliphatic rings. The third-order valence-corrected chi connectivity index (χ3v) is 4.30. The van der Waals surface area contributed by atoms with E-state index in [1.54, 1.807) is 6.07 Å². The van der Waals surface area contributed by atoms with E-state index in [0.29, 0.717) is 17.7 Å². The first-order chi connectivity index (χ1) is 9.77. The fourth-order valence-corrected chi connectivity index (χ4v) is 2.67. The molecule has 21 heavy (non-hydrogen) atoms. The van der Waals surface area contributed by atoms with Crippen LogP contribution in [0.1, 0.15) is 34.1 Å². The number of aryl methyl sites for hydroxylation is 1. The van der Waals surface area contributed by atoms with Gasteiger partial charge in [-0.15, -0.1) is 0 Å². The molecule has 0 bridgehead atoms. The molecule has 1 aromatic heterocycles. The highest BCUT2D eigenvalue weighted by Crippen LogP contribution is 2.18. The Morgan fingerprint density at radius 2 is 1.81 bits per heavy atom. The molecule has 0 fully saturated rings. The van der Waals surface area contributed by atoms with Crippen LogP contribution in [0, 0.1) is 6.92 Å². The van der Waals surface area contributed by atoms with Crippen LogP contribution < -0.4 is 0 Å². The number of nitrogens with zero attached hydrogens (tertiary/aromatic N) is 1. The van der Waals surface area contributed by atoms with Crippen molar-refractivity contribution in [1.29, 1.82) is 0 Å². The number of benzene rings is 1. The summed E-state index contributed by atoms with van der Waals surface area (Å²) >= 11 is 0. The Balaban J connectivity index is 2.48. The summed E-state index contributed by atoms with van der Waals surface area (Å²) in [5.74, 6) is -0.169. The van der Waals surface area contributed by atoms with E-state index in [9.17, 15) is 13.2 Å². The van der Waals surface area contributed by atoms with Crippen molar-refractivity contribution in [2.75, 3.05) is 6.26 Å². The number of hydrogen-bond donors (Lipinski definition) is 0. The number of pyridine rings is 1. The highest BCUT2D eigenvalue weighted by atomic mass is 32.2. The molecule has 1 heterocycles. The van der Waals surface area contributed by atoms with Crippen LogP contribution in [-0.2, 0) is 16.3 Å². The molecule has 0 aliphatic heterocycles. The van der Waals surface area contributed by atoms with Crippen LogP contribution >= 0.6 is 0 Å². The first kappa shape index (κ1) is 15.4. The van der Waals surface area contributed by atoms with E-state index in [4.69, 9.17) is 0 Å². The number of aromatic nitrogens is 1. The average Bonchev–Trinajstić information content (AvgIpc) is 2.40. The van der Waals surface area contributed by atoms with Gasteiger partial charge in [0.1, 0.15) is 5.69 Å². The van der Waals surface area contributed by atoms with Gasteiger partial charge < -0.3 is 0 Å². The van der Waals surface area contributed by atoms with Gasteiger partial charge in [-0.3, -0.25) is 9.78 Å². The second-order valence-corrected chi connectivity index (χ2v) is 7.19. The molecule has 110 valence electrons. The summed E-state index contributed by atoms with van der Waals surface area (Å²) in [5.41, 5.74) is 3.11. The molecule has 5 heteroatoms. The lowest BCUT2D eigenvalue weighted by atomic mass is 10.0. The van der Waals surface area contributed by atoms with Gasteiger partial charge in [0.25, 0.3) is 0 Å². The van der Waals surface area contributed by atoms with Gasteiger partial charge in [0, 0.05) is 19.4 Å². The van der Waals surface area contributed by atoms with E-state index < -0.39 is 9.84 Å². The van der Waals surface area contributed by atoms with Gasteiger partial charge in [-0.2, -0.15) is 0 Å². The second-order valence-electron chi connectivity index (χ2n) is 5.17. The Bertz CT molecular complexity index is 778. The highest BCUT2D eigenvalue weighted by Gasteiger charge is 2.15. The van der Waals surface area contributed by atoms with Gasteiger partial charge in [0.15, 0.2) is 15.6 Å². The number of carbonyl (C=O) groups is 1. The number of rotatable bonds is 4. The molecule has 0 amide bonds. The summed E-state index contributed by atoms with van der Waals surface area (Å²) in [6, 6.07) is 9.44. The van der Waals surface area contributed by atoms with Crippen LogP contribution in [0.4, 0.5) is 0 Å². The van der Waals surface area contributed by atoms with Gasteiger partial charge in [0.2, 0.25) is 0 Å². The quantitative estimate of drug-likeness (QED) is 0.814. The van der Waals surface area contributed by atoms with Crippen LogP contribution in [0.3, 0.4) is 0 Å². The van der Waals surface area contributed by atoms with E-state index in [2.05, 4.69) is 4.98 Å². The monoisotopic (exact) mass is 303 g/mol. The fraction of sp³-hybridized carbons (Fsp3) is 0.250. The van der Waals surface area contributed by atoms with Crippen LogP contribution in [-0.4, -0.2) is 25.4 Å². The number of sulfone groups is 1. The smallest absolute Gasteiger partial charge is 0.178 e. The second kappa shape index (κ2) is 5.77. The van der Waals surface area contributed by atoms with Crippen molar-refractivity contribution in [3.63, 3.8) is 0 Å². The number of Topliss-reactive ketones (excluding diaryl/α,β-unsaturated/α-hetero) is 1. The van der Waals surface area contributed by atoms with Crippen LogP contribution in [0.5, 0.6) is 0 Å². The summed E-state index contributed by atoms with van der Waals surface area (Å²) in [5, 5.41) is 0. The molecule has 0 N–H and O–H groups in total. The fourth-order valence-electron chi connectivity index (χ4n) is 2.07. The summed E-state index contributed by atoms with van der Waals surface area (Å²) in [6.07, 6.45) is 2.85. The van der Waals surface area contributed by atoms with E-state index in [0.717, 1.165) is 17.4 Å². The van der Waals surface area contributed by atoms with Crippen molar-refractivity contribution < 1.29 is 13.2 Å². The van der Waals surface area contributed by atoms with Gasteiger partial charge >= 0.3 is 0 Å².